The maximum Gasteiger partial charge on any atom is 0.245 e. The minimum atomic E-state index is -0.0188. The topological polar surface area (TPSA) is 20.3 Å². The van der Waals surface area contributed by atoms with Crippen molar-refractivity contribution >= 4 is 16.7 Å². The van der Waals surface area contributed by atoms with Crippen LogP contribution in [0.25, 0.3) is 21.9 Å². The second kappa shape index (κ2) is 10.8. The predicted molar refractivity (Wildman–Crippen MR) is 129 cm³/mol. The Morgan fingerprint density at radius 1 is 0.833 bits per heavy atom. The first kappa shape index (κ1) is 21.8. The molecule has 0 atom stereocenters. The largest absolute Gasteiger partial charge is 0.342 e. The number of hydrogen-bond donors (Lipinski definition) is 0. The fraction of sp³-hybridized carbons (Fsp3) is 0.321. The molecule has 3 aromatic carbocycles. The lowest BCUT2D eigenvalue weighted by molar-refractivity contribution is -0.124. The number of carbonyl (C=O) groups excluding carboxylic acids is 1. The van der Waals surface area contributed by atoms with Crippen LogP contribution in [0.2, 0.25) is 0 Å². The summed E-state index contributed by atoms with van der Waals surface area (Å²) in [4.78, 5) is 13.2. The summed E-state index contributed by atoms with van der Waals surface area (Å²) < 4.78 is 0. The first-order valence-electron chi connectivity index (χ1n) is 11.1. The molecular weight excluding hydrogens is 366 g/mol. The molecule has 2 heteroatoms. The van der Waals surface area contributed by atoms with E-state index in [1.807, 2.05) is 7.05 Å². The van der Waals surface area contributed by atoms with E-state index in [-0.39, 0.29) is 5.91 Å². The standard InChI is InChI=1S/C28H33NO/c1-4-6-7-9-23-13-16-27-21-26(18-17-25(27)20-23)24-14-11-22(12-15-24)10-8-19-29(3)28(30)5-2/h5,11-18,20-21H,2,4,6-10,19H2,1,3H3. The number of amides is 1. The third-order valence-corrected chi connectivity index (χ3v) is 5.77. The van der Waals surface area contributed by atoms with Crippen LogP contribution < -0.4 is 0 Å². The van der Waals surface area contributed by atoms with Crippen LogP contribution in [-0.2, 0) is 17.6 Å². The van der Waals surface area contributed by atoms with Crippen LogP contribution in [0.5, 0.6) is 0 Å². The van der Waals surface area contributed by atoms with E-state index in [1.54, 1.807) is 4.90 Å². The third kappa shape index (κ3) is 5.82. The van der Waals surface area contributed by atoms with E-state index in [2.05, 4.69) is 74.2 Å². The third-order valence-electron chi connectivity index (χ3n) is 5.77. The van der Waals surface area contributed by atoms with Crippen LogP contribution in [0.4, 0.5) is 0 Å². The van der Waals surface area contributed by atoms with E-state index >= 15 is 0 Å². The molecule has 0 aromatic heterocycles. The Bertz CT molecular complexity index is 987. The first-order valence-corrected chi connectivity index (χ1v) is 11.1. The number of hydrogen-bond acceptors (Lipinski definition) is 1. The minimum Gasteiger partial charge on any atom is -0.342 e. The van der Waals surface area contributed by atoms with Gasteiger partial charge in [-0.1, -0.05) is 80.9 Å². The van der Waals surface area contributed by atoms with E-state index in [9.17, 15) is 4.79 Å². The van der Waals surface area contributed by atoms with Crippen LogP contribution in [0.15, 0.2) is 73.3 Å². The van der Waals surface area contributed by atoms with Gasteiger partial charge < -0.3 is 4.90 Å². The first-order chi connectivity index (χ1) is 14.6. The van der Waals surface area contributed by atoms with Gasteiger partial charge in [-0.05, 0) is 70.9 Å². The minimum absolute atomic E-state index is 0.0188. The Labute approximate surface area is 181 Å². The van der Waals surface area contributed by atoms with Crippen LogP contribution in [-0.4, -0.2) is 24.4 Å². The van der Waals surface area contributed by atoms with Gasteiger partial charge in [-0.2, -0.15) is 0 Å². The molecule has 156 valence electrons. The Morgan fingerprint density at radius 2 is 1.47 bits per heavy atom. The molecule has 0 spiro atoms. The molecular formula is C28H33NO. The number of fused-ring (bicyclic) bond motifs is 1. The van der Waals surface area contributed by atoms with Gasteiger partial charge in [-0.15, -0.1) is 0 Å². The Hall–Kier alpha value is -2.87. The molecule has 0 saturated heterocycles. The fourth-order valence-electron chi connectivity index (χ4n) is 3.86. The highest BCUT2D eigenvalue weighted by molar-refractivity contribution is 5.88. The molecule has 0 unspecified atom stereocenters. The Balaban J connectivity index is 1.63. The highest BCUT2D eigenvalue weighted by Gasteiger charge is 2.05. The fourth-order valence-corrected chi connectivity index (χ4v) is 3.86. The molecule has 1 amide bonds. The van der Waals surface area contributed by atoms with Crippen LogP contribution in [0, 0.1) is 0 Å². The second-order valence-corrected chi connectivity index (χ2v) is 8.12. The summed E-state index contributed by atoms with van der Waals surface area (Å²) in [6.45, 7) is 6.53. The van der Waals surface area contributed by atoms with E-state index in [0.717, 1.165) is 19.4 Å². The van der Waals surface area contributed by atoms with Crippen molar-refractivity contribution in [2.75, 3.05) is 13.6 Å². The Kier molecular flexibility index (Phi) is 7.84. The zero-order chi connectivity index (χ0) is 21.3. The molecule has 0 bridgehead atoms. The van der Waals surface area contributed by atoms with Gasteiger partial charge in [0.1, 0.15) is 0 Å². The number of benzene rings is 3. The van der Waals surface area contributed by atoms with Crippen molar-refractivity contribution in [2.45, 2.75) is 45.4 Å². The zero-order valence-corrected chi connectivity index (χ0v) is 18.4. The van der Waals surface area contributed by atoms with Crippen LogP contribution in [0.3, 0.4) is 0 Å². The van der Waals surface area contributed by atoms with Crippen LogP contribution >= 0.6 is 0 Å². The smallest absolute Gasteiger partial charge is 0.245 e. The molecule has 0 fully saturated rings. The summed E-state index contributed by atoms with van der Waals surface area (Å²) in [5.74, 6) is -0.0188. The summed E-state index contributed by atoms with van der Waals surface area (Å²) in [5.41, 5.74) is 5.24. The molecule has 0 N–H and O–H groups in total. The predicted octanol–water partition coefficient (Wildman–Crippen LogP) is 6.82. The molecule has 0 saturated carbocycles. The molecule has 0 radical (unpaired) electrons. The van der Waals surface area contributed by atoms with Crippen molar-refractivity contribution in [1.82, 2.24) is 4.90 Å². The van der Waals surface area contributed by atoms with E-state index in [1.165, 1.54) is 64.8 Å². The molecule has 2 nitrogen and oxygen atoms in total. The van der Waals surface area contributed by atoms with E-state index < -0.39 is 0 Å². The van der Waals surface area contributed by atoms with Gasteiger partial charge in [0.25, 0.3) is 0 Å². The van der Waals surface area contributed by atoms with Gasteiger partial charge in [0.2, 0.25) is 5.91 Å². The van der Waals surface area contributed by atoms with Gasteiger partial charge in [-0.25, -0.2) is 0 Å². The number of aryl methyl sites for hydroxylation is 2. The lowest BCUT2D eigenvalue weighted by Gasteiger charge is -2.14. The normalized spacial score (nSPS) is 10.9. The molecule has 0 aliphatic rings. The number of rotatable bonds is 10. The molecule has 0 heterocycles. The van der Waals surface area contributed by atoms with Crippen molar-refractivity contribution in [1.29, 1.82) is 0 Å². The van der Waals surface area contributed by atoms with Gasteiger partial charge in [0.05, 0.1) is 0 Å². The summed E-state index contributed by atoms with van der Waals surface area (Å²) in [6.07, 6.45) is 8.29. The van der Waals surface area contributed by atoms with Gasteiger partial charge >= 0.3 is 0 Å². The van der Waals surface area contributed by atoms with Crippen molar-refractivity contribution < 1.29 is 4.79 Å². The van der Waals surface area contributed by atoms with Gasteiger partial charge in [0, 0.05) is 13.6 Å². The molecule has 30 heavy (non-hydrogen) atoms. The second-order valence-electron chi connectivity index (χ2n) is 8.12. The van der Waals surface area contributed by atoms with E-state index in [4.69, 9.17) is 0 Å². The van der Waals surface area contributed by atoms with Crippen molar-refractivity contribution in [3.63, 3.8) is 0 Å². The number of likely N-dealkylation sites (N-methyl/N-ethyl adjacent to an activating group) is 1. The molecule has 0 aliphatic carbocycles. The lowest BCUT2D eigenvalue weighted by atomic mass is 9.97. The maximum atomic E-state index is 11.5. The molecule has 3 aromatic rings. The molecule has 0 aliphatic heterocycles. The summed E-state index contributed by atoms with van der Waals surface area (Å²) >= 11 is 0. The highest BCUT2D eigenvalue weighted by Crippen LogP contribution is 2.26. The van der Waals surface area contributed by atoms with Gasteiger partial charge in [0.15, 0.2) is 0 Å². The lowest BCUT2D eigenvalue weighted by Crippen LogP contribution is -2.25. The average Bonchev–Trinajstić information content (AvgIpc) is 2.78. The van der Waals surface area contributed by atoms with E-state index in [0.29, 0.717) is 0 Å². The zero-order valence-electron chi connectivity index (χ0n) is 18.4. The molecule has 3 rings (SSSR count). The summed E-state index contributed by atoms with van der Waals surface area (Å²) in [7, 11) is 1.82. The highest BCUT2D eigenvalue weighted by atomic mass is 16.2. The SMILES string of the molecule is C=CC(=O)N(C)CCCc1ccc(-c2ccc3cc(CCCCC)ccc3c2)cc1. The van der Waals surface area contributed by atoms with Crippen LogP contribution in [0.1, 0.15) is 43.7 Å². The number of carbonyl (C=O) groups is 1. The summed E-state index contributed by atoms with van der Waals surface area (Å²) in [6, 6.07) is 22.4. The number of unbranched alkanes of at least 4 members (excludes halogenated alkanes) is 2. The van der Waals surface area contributed by atoms with Crippen molar-refractivity contribution in [3.8, 4) is 11.1 Å². The van der Waals surface area contributed by atoms with Gasteiger partial charge in [-0.3, -0.25) is 4.79 Å². The number of nitrogens with zero attached hydrogens (tertiary/aromatic N) is 1. The van der Waals surface area contributed by atoms with Crippen molar-refractivity contribution in [3.05, 3.63) is 84.4 Å². The average molecular weight is 400 g/mol. The quantitative estimate of drug-likeness (QED) is 0.271. The maximum absolute atomic E-state index is 11.5. The van der Waals surface area contributed by atoms with Crippen molar-refractivity contribution in [2.24, 2.45) is 0 Å². The monoisotopic (exact) mass is 399 g/mol. The Morgan fingerprint density at radius 3 is 2.20 bits per heavy atom. The summed E-state index contributed by atoms with van der Waals surface area (Å²) in [5, 5.41) is 2.62.